The highest BCUT2D eigenvalue weighted by molar-refractivity contribution is 7.80. The number of amides is 2. The molecule has 0 saturated carbocycles. The number of ether oxygens (including phenoxy) is 1. The highest BCUT2D eigenvalue weighted by Crippen LogP contribution is 2.15. The van der Waals surface area contributed by atoms with Crippen LogP contribution in [0.25, 0.3) is 0 Å². The average Bonchev–Trinajstić information content (AvgIpc) is 3.08. The molecular formula is C33H38N8O4S2. The molecule has 0 saturated heterocycles. The van der Waals surface area contributed by atoms with Gasteiger partial charge in [0.1, 0.15) is 30.1 Å². The average molecular weight is 675 g/mol. The minimum Gasteiger partial charge on any atom is -0.508 e. The van der Waals surface area contributed by atoms with Gasteiger partial charge in [0.2, 0.25) is 5.91 Å². The number of nitrogens with zero attached hydrogens (tertiary/aromatic N) is 3. The Morgan fingerprint density at radius 2 is 1.47 bits per heavy atom. The highest BCUT2D eigenvalue weighted by atomic mass is 32.1. The number of rotatable bonds is 12. The first-order valence-corrected chi connectivity index (χ1v) is 15.3. The zero-order valence-corrected chi connectivity index (χ0v) is 28.0. The zero-order valence-electron chi connectivity index (χ0n) is 26.3. The lowest BCUT2D eigenvalue weighted by molar-refractivity contribution is -0.129. The number of nitrogens with one attached hydrogen (secondary N) is 5. The highest BCUT2D eigenvalue weighted by Gasteiger charge is 2.23. The Morgan fingerprint density at radius 1 is 0.872 bits per heavy atom. The third-order valence-electron chi connectivity index (χ3n) is 6.39. The van der Waals surface area contributed by atoms with Gasteiger partial charge in [0.05, 0.1) is 13.2 Å². The van der Waals surface area contributed by atoms with Crippen molar-refractivity contribution in [2.24, 2.45) is 0 Å². The molecular weight excluding hydrogens is 637 g/mol. The summed E-state index contributed by atoms with van der Waals surface area (Å²) in [7, 11) is 3.03. The monoisotopic (exact) mass is 674 g/mol. The Morgan fingerprint density at radius 3 is 2.04 bits per heavy atom. The number of thiocarbonyl (C=S) groups is 2. The van der Waals surface area contributed by atoms with Crippen LogP contribution in [0, 0.1) is 22.8 Å². The smallest absolute Gasteiger partial charge is 0.258 e. The summed E-state index contributed by atoms with van der Waals surface area (Å²) >= 11 is 10.4. The van der Waals surface area contributed by atoms with E-state index in [0.717, 1.165) is 27.5 Å². The zero-order chi connectivity index (χ0) is 34.6. The van der Waals surface area contributed by atoms with Crippen molar-refractivity contribution in [3.05, 3.63) is 90.0 Å². The molecule has 2 amide bonds. The maximum absolute atomic E-state index is 12.4. The number of phenols is 1. The largest absolute Gasteiger partial charge is 0.508 e. The summed E-state index contributed by atoms with van der Waals surface area (Å²) < 4.78 is 5.11. The van der Waals surface area contributed by atoms with Crippen LogP contribution in [0.1, 0.15) is 18.1 Å². The third kappa shape index (κ3) is 14.0. The lowest BCUT2D eigenvalue weighted by atomic mass is 10.1. The van der Waals surface area contributed by atoms with E-state index in [1.54, 1.807) is 55.6 Å². The van der Waals surface area contributed by atoms with Gasteiger partial charge in [-0.05, 0) is 78.9 Å². The molecule has 12 nitrogen and oxygen atoms in total. The van der Waals surface area contributed by atoms with E-state index in [-0.39, 0.29) is 29.2 Å². The molecule has 0 bridgehead atoms. The first-order valence-electron chi connectivity index (χ1n) is 14.5. The van der Waals surface area contributed by atoms with Gasteiger partial charge >= 0.3 is 0 Å². The molecule has 3 rings (SSSR count). The van der Waals surface area contributed by atoms with Crippen molar-refractivity contribution in [3.8, 4) is 23.8 Å². The molecule has 246 valence electrons. The molecule has 0 aliphatic heterocycles. The maximum Gasteiger partial charge on any atom is 0.258 e. The van der Waals surface area contributed by atoms with E-state index in [9.17, 15) is 14.7 Å². The van der Waals surface area contributed by atoms with E-state index in [0.29, 0.717) is 24.5 Å². The van der Waals surface area contributed by atoms with Crippen LogP contribution < -0.4 is 31.3 Å². The number of methoxy groups -OCH3 is 1. The summed E-state index contributed by atoms with van der Waals surface area (Å²) in [5, 5.41) is 42.0. The molecule has 2 atom stereocenters. The van der Waals surface area contributed by atoms with Crippen molar-refractivity contribution in [1.29, 1.82) is 10.5 Å². The normalized spacial score (nSPS) is 11.0. The number of carbonyl (C=O) groups is 2. The lowest BCUT2D eigenvalue weighted by Crippen LogP contribution is -2.50. The Balaban J connectivity index is 0.000000343. The number of likely N-dealkylation sites (N-methyl/N-ethyl adjacent to an activating group) is 1. The summed E-state index contributed by atoms with van der Waals surface area (Å²) in [5.41, 5.74) is 2.59. The summed E-state index contributed by atoms with van der Waals surface area (Å²) in [6.07, 6.45) is 2.62. The van der Waals surface area contributed by atoms with Crippen LogP contribution in [-0.2, 0) is 22.4 Å². The van der Waals surface area contributed by atoms with Gasteiger partial charge in [-0.1, -0.05) is 42.5 Å². The van der Waals surface area contributed by atoms with Crippen LogP contribution in [0.4, 0.5) is 5.69 Å². The summed E-state index contributed by atoms with van der Waals surface area (Å²) in [4.78, 5) is 25.5. The van der Waals surface area contributed by atoms with E-state index in [4.69, 9.17) is 39.7 Å². The first kappa shape index (κ1) is 37.7. The predicted octanol–water partition coefficient (Wildman–Crippen LogP) is 2.96. The SMILES string of the molecule is CCNC(=S)NC(Cc1ccccc1)C(=O)N(C)C#N.COc1ccc(NC(=S)NC(Cc2ccc(O)cc2)C(=O)NCC#N)cc1. The number of hydrogen-bond donors (Lipinski definition) is 6. The molecule has 2 unspecified atom stereocenters. The van der Waals surface area contributed by atoms with Crippen molar-refractivity contribution >= 4 is 52.2 Å². The Bertz CT molecular complexity index is 1540. The molecule has 0 aromatic heterocycles. The Hall–Kier alpha value is -5.44. The van der Waals surface area contributed by atoms with Crippen LogP contribution in [0.5, 0.6) is 11.5 Å². The van der Waals surface area contributed by atoms with E-state index in [1.807, 2.05) is 49.5 Å². The van der Waals surface area contributed by atoms with Crippen LogP contribution in [-0.4, -0.2) is 71.4 Å². The number of nitriles is 2. The fourth-order valence-electron chi connectivity index (χ4n) is 4.03. The number of aromatic hydroxyl groups is 1. The molecule has 0 radical (unpaired) electrons. The standard InChI is InChI=1S/C19H20N4O3S.C14H18N4OS/c1-26-16-8-4-14(5-9-16)22-19(27)23-17(18(25)21-11-10-20)12-13-2-6-15(24)7-3-13;1-3-16-14(20)17-12(13(19)18(2)10-15)9-11-7-5-4-6-8-11/h2-9,17,24H,11-12H2,1H3,(H,21,25)(H2,22,23,27);4-8,12H,3,9H2,1-2H3,(H2,16,17,20). The van der Waals surface area contributed by atoms with Crippen molar-refractivity contribution in [3.63, 3.8) is 0 Å². The third-order valence-corrected chi connectivity index (χ3v) is 6.87. The second-order valence-corrected chi connectivity index (χ2v) is 10.7. The second kappa shape index (κ2) is 20.6. The first-order chi connectivity index (χ1) is 22.6. The van der Waals surface area contributed by atoms with Gasteiger partial charge in [-0.3, -0.25) is 14.5 Å². The van der Waals surface area contributed by atoms with Crippen molar-refractivity contribution in [2.45, 2.75) is 31.8 Å². The van der Waals surface area contributed by atoms with Crippen LogP contribution >= 0.6 is 24.4 Å². The minimum atomic E-state index is -0.679. The molecule has 3 aromatic rings. The van der Waals surface area contributed by atoms with Crippen LogP contribution in [0.2, 0.25) is 0 Å². The van der Waals surface area contributed by atoms with Gasteiger partial charge in [-0.25, -0.2) is 0 Å². The molecule has 14 heteroatoms. The molecule has 47 heavy (non-hydrogen) atoms. The van der Waals surface area contributed by atoms with Gasteiger partial charge in [-0.2, -0.15) is 10.5 Å². The lowest BCUT2D eigenvalue weighted by Gasteiger charge is -2.21. The van der Waals surface area contributed by atoms with Crippen molar-refractivity contribution in [2.75, 3.05) is 32.6 Å². The van der Waals surface area contributed by atoms with E-state index in [2.05, 4.69) is 26.6 Å². The fraction of sp³-hybridized carbons (Fsp3) is 0.273. The van der Waals surface area contributed by atoms with E-state index < -0.39 is 12.1 Å². The van der Waals surface area contributed by atoms with Crippen LogP contribution in [0.3, 0.4) is 0 Å². The topological polar surface area (TPSA) is 175 Å². The number of phenolic OH excluding ortho intramolecular Hbond substituents is 1. The minimum absolute atomic E-state index is 0.0920. The van der Waals surface area contributed by atoms with Crippen molar-refractivity contribution in [1.82, 2.24) is 26.2 Å². The second-order valence-electron chi connectivity index (χ2n) is 9.87. The molecule has 0 spiro atoms. The van der Waals surface area contributed by atoms with Gasteiger partial charge < -0.3 is 36.4 Å². The molecule has 0 aliphatic carbocycles. The van der Waals surface area contributed by atoms with Gasteiger partial charge in [0.25, 0.3) is 5.91 Å². The Kier molecular flexibility index (Phi) is 16.5. The fourth-order valence-corrected chi connectivity index (χ4v) is 4.58. The van der Waals surface area contributed by atoms with E-state index in [1.165, 1.54) is 7.05 Å². The molecule has 3 aromatic carbocycles. The number of hydrogen-bond acceptors (Lipinski definition) is 8. The maximum atomic E-state index is 12.4. The van der Waals surface area contributed by atoms with E-state index >= 15 is 0 Å². The molecule has 0 fully saturated rings. The molecule has 0 aliphatic rings. The molecule has 6 N–H and O–H groups in total. The quantitative estimate of drug-likeness (QED) is 0.0719. The summed E-state index contributed by atoms with van der Waals surface area (Å²) in [6.45, 7) is 2.50. The van der Waals surface area contributed by atoms with Gasteiger partial charge in [0, 0.05) is 32.1 Å². The molecule has 0 heterocycles. The predicted molar refractivity (Wildman–Crippen MR) is 188 cm³/mol. The van der Waals surface area contributed by atoms with Gasteiger partial charge in [-0.15, -0.1) is 0 Å². The Labute approximate surface area is 285 Å². The number of carbonyl (C=O) groups excluding carboxylic acids is 2. The summed E-state index contributed by atoms with van der Waals surface area (Å²) in [6, 6.07) is 24.0. The summed E-state index contributed by atoms with van der Waals surface area (Å²) in [5.74, 6) is 0.217. The van der Waals surface area contributed by atoms with Crippen LogP contribution in [0.15, 0.2) is 78.9 Å². The van der Waals surface area contributed by atoms with Crippen molar-refractivity contribution < 1.29 is 19.4 Å². The number of anilines is 1. The number of benzene rings is 3. The van der Waals surface area contributed by atoms with Gasteiger partial charge in [0.15, 0.2) is 16.4 Å².